The number of tetrazole rings is 1. The fraction of sp³-hybridized carbons (Fsp3) is 0.462. The van der Waals surface area contributed by atoms with Crippen LogP contribution in [-0.4, -0.2) is 20.2 Å². The van der Waals surface area contributed by atoms with Crippen molar-refractivity contribution in [2.75, 3.05) is 11.5 Å². The number of nitrogens with two attached hydrogens (primary N) is 2. The van der Waals surface area contributed by atoms with Crippen molar-refractivity contribution in [3.05, 3.63) is 18.2 Å². The van der Waals surface area contributed by atoms with E-state index in [9.17, 15) is 0 Å². The Labute approximate surface area is 112 Å². The molecule has 0 aliphatic heterocycles. The lowest BCUT2D eigenvalue weighted by molar-refractivity contribution is 0.333. The molecule has 0 bridgehead atoms. The second-order valence-electron chi connectivity index (χ2n) is 5.01. The maximum Gasteiger partial charge on any atom is 0.184 e. The van der Waals surface area contributed by atoms with Gasteiger partial charge in [-0.2, -0.15) is 0 Å². The normalized spacial score (nSPS) is 12.8. The highest BCUT2D eigenvalue weighted by Crippen LogP contribution is 2.30. The first-order valence-electron chi connectivity index (χ1n) is 6.47. The van der Waals surface area contributed by atoms with Crippen LogP contribution in [0.1, 0.15) is 33.2 Å². The highest BCUT2D eigenvalue weighted by Gasteiger charge is 2.21. The van der Waals surface area contributed by atoms with E-state index in [0.29, 0.717) is 23.1 Å². The fourth-order valence-corrected chi connectivity index (χ4v) is 2.31. The minimum Gasteiger partial charge on any atom is -0.399 e. The van der Waals surface area contributed by atoms with E-state index in [0.717, 1.165) is 12.0 Å². The van der Waals surface area contributed by atoms with E-state index in [1.165, 1.54) is 0 Å². The lowest BCUT2D eigenvalue weighted by Crippen LogP contribution is -2.17. The number of nitrogens with zero attached hydrogens (tertiary/aromatic N) is 4. The number of nitrogen functional groups attached to an aromatic ring is 2. The predicted molar refractivity (Wildman–Crippen MR) is 76.2 cm³/mol. The highest BCUT2D eigenvalue weighted by molar-refractivity contribution is 5.74. The van der Waals surface area contributed by atoms with Crippen molar-refractivity contribution in [2.24, 2.45) is 5.92 Å². The van der Waals surface area contributed by atoms with Crippen LogP contribution in [0.25, 0.3) is 11.4 Å². The Bertz CT molecular complexity index is 560. The van der Waals surface area contributed by atoms with Gasteiger partial charge in [-0.3, -0.25) is 0 Å². The van der Waals surface area contributed by atoms with Gasteiger partial charge in [0, 0.05) is 16.9 Å². The van der Waals surface area contributed by atoms with E-state index in [2.05, 4.69) is 36.3 Å². The molecule has 1 heterocycles. The van der Waals surface area contributed by atoms with Gasteiger partial charge in [-0.05, 0) is 41.0 Å². The Balaban J connectivity index is 2.49. The summed E-state index contributed by atoms with van der Waals surface area (Å²) < 4.78 is 1.85. The summed E-state index contributed by atoms with van der Waals surface area (Å²) in [6.07, 6.45) is 0.963. The van der Waals surface area contributed by atoms with Gasteiger partial charge in [0.05, 0.1) is 6.04 Å². The number of aromatic nitrogens is 4. The number of rotatable bonds is 4. The fourth-order valence-electron chi connectivity index (χ4n) is 2.31. The zero-order valence-electron chi connectivity index (χ0n) is 11.5. The van der Waals surface area contributed by atoms with Gasteiger partial charge in [0.15, 0.2) is 5.82 Å². The molecular formula is C13H20N6. The number of hydrogen-bond acceptors (Lipinski definition) is 5. The van der Waals surface area contributed by atoms with Gasteiger partial charge in [-0.25, -0.2) is 4.68 Å². The minimum atomic E-state index is 0.252. The molecule has 6 heteroatoms. The van der Waals surface area contributed by atoms with Gasteiger partial charge in [0.1, 0.15) is 0 Å². The quantitative estimate of drug-likeness (QED) is 0.821. The van der Waals surface area contributed by atoms with E-state index in [-0.39, 0.29) is 6.04 Å². The molecule has 1 unspecified atom stereocenters. The second kappa shape index (κ2) is 5.26. The van der Waals surface area contributed by atoms with E-state index >= 15 is 0 Å². The van der Waals surface area contributed by atoms with Crippen LogP contribution in [-0.2, 0) is 0 Å². The molecule has 0 amide bonds. The molecule has 6 nitrogen and oxygen atoms in total. The topological polar surface area (TPSA) is 95.6 Å². The summed E-state index contributed by atoms with van der Waals surface area (Å²) in [6.45, 7) is 6.44. The third kappa shape index (κ3) is 2.52. The van der Waals surface area contributed by atoms with Crippen molar-refractivity contribution in [2.45, 2.75) is 33.2 Å². The standard InChI is InChI=1S/C13H20N6/c1-4-12(8(2)3)19-13(16-17-18-19)10-6-5-9(14)7-11(10)15/h5-8,12H,4,14-15H2,1-3H3. The lowest BCUT2D eigenvalue weighted by atomic mass is 10.0. The van der Waals surface area contributed by atoms with Gasteiger partial charge >= 0.3 is 0 Å². The number of benzene rings is 1. The zero-order chi connectivity index (χ0) is 14.0. The molecule has 4 N–H and O–H groups in total. The third-order valence-electron chi connectivity index (χ3n) is 3.31. The monoisotopic (exact) mass is 260 g/mol. The van der Waals surface area contributed by atoms with Crippen molar-refractivity contribution < 1.29 is 0 Å². The first kappa shape index (κ1) is 13.3. The molecule has 0 spiro atoms. The summed E-state index contributed by atoms with van der Waals surface area (Å²) in [6, 6.07) is 5.65. The first-order chi connectivity index (χ1) is 9.04. The summed E-state index contributed by atoms with van der Waals surface area (Å²) >= 11 is 0. The Morgan fingerprint density at radius 2 is 2.00 bits per heavy atom. The molecular weight excluding hydrogens is 240 g/mol. The molecule has 0 aliphatic rings. The SMILES string of the molecule is CCC(C(C)C)n1nnnc1-c1ccc(N)cc1N. The van der Waals surface area contributed by atoms with Crippen LogP contribution in [0.4, 0.5) is 11.4 Å². The summed E-state index contributed by atoms with van der Waals surface area (Å²) in [7, 11) is 0. The van der Waals surface area contributed by atoms with Crippen molar-refractivity contribution in [3.8, 4) is 11.4 Å². The van der Waals surface area contributed by atoms with Crippen molar-refractivity contribution in [3.63, 3.8) is 0 Å². The molecule has 1 aromatic heterocycles. The Hall–Kier alpha value is -2.11. The number of anilines is 2. The maximum atomic E-state index is 6.01. The molecule has 0 radical (unpaired) electrons. The van der Waals surface area contributed by atoms with Crippen LogP contribution in [0, 0.1) is 5.92 Å². The second-order valence-corrected chi connectivity index (χ2v) is 5.01. The molecule has 0 fully saturated rings. The average Bonchev–Trinajstić information content (AvgIpc) is 2.78. The summed E-state index contributed by atoms with van der Waals surface area (Å²) in [4.78, 5) is 0. The smallest absolute Gasteiger partial charge is 0.184 e. The number of hydrogen-bond donors (Lipinski definition) is 2. The third-order valence-corrected chi connectivity index (χ3v) is 3.31. The van der Waals surface area contributed by atoms with Crippen LogP contribution in [0.3, 0.4) is 0 Å². The minimum absolute atomic E-state index is 0.252. The molecule has 19 heavy (non-hydrogen) atoms. The molecule has 2 aromatic rings. The van der Waals surface area contributed by atoms with Crippen LogP contribution in [0.15, 0.2) is 18.2 Å². The summed E-state index contributed by atoms with van der Waals surface area (Å²) in [5, 5.41) is 12.0. The predicted octanol–water partition coefficient (Wildman–Crippen LogP) is 2.11. The molecule has 0 saturated carbocycles. The van der Waals surface area contributed by atoms with E-state index < -0.39 is 0 Å². The Morgan fingerprint density at radius 3 is 2.58 bits per heavy atom. The maximum absolute atomic E-state index is 6.01. The molecule has 1 atom stereocenters. The molecule has 0 aliphatic carbocycles. The van der Waals surface area contributed by atoms with Gasteiger partial charge in [0.2, 0.25) is 0 Å². The van der Waals surface area contributed by atoms with Crippen LogP contribution >= 0.6 is 0 Å². The van der Waals surface area contributed by atoms with Gasteiger partial charge < -0.3 is 11.5 Å². The zero-order valence-corrected chi connectivity index (χ0v) is 11.5. The molecule has 1 aromatic carbocycles. The van der Waals surface area contributed by atoms with Gasteiger partial charge in [-0.1, -0.05) is 20.8 Å². The van der Waals surface area contributed by atoms with Crippen molar-refractivity contribution >= 4 is 11.4 Å². The highest BCUT2D eigenvalue weighted by atomic mass is 15.5. The van der Waals surface area contributed by atoms with Crippen molar-refractivity contribution in [1.29, 1.82) is 0 Å². The van der Waals surface area contributed by atoms with E-state index in [1.54, 1.807) is 12.1 Å². The Kier molecular flexibility index (Phi) is 3.69. The van der Waals surface area contributed by atoms with Crippen LogP contribution in [0.2, 0.25) is 0 Å². The molecule has 0 saturated heterocycles. The van der Waals surface area contributed by atoms with Crippen molar-refractivity contribution in [1.82, 2.24) is 20.2 Å². The largest absolute Gasteiger partial charge is 0.399 e. The Morgan fingerprint density at radius 1 is 1.26 bits per heavy atom. The first-order valence-corrected chi connectivity index (χ1v) is 6.47. The molecule has 2 rings (SSSR count). The van der Waals surface area contributed by atoms with E-state index in [4.69, 9.17) is 11.5 Å². The summed E-state index contributed by atoms with van der Waals surface area (Å²) in [5.74, 6) is 1.14. The lowest BCUT2D eigenvalue weighted by Gasteiger charge is -2.20. The average molecular weight is 260 g/mol. The van der Waals surface area contributed by atoms with Gasteiger partial charge in [-0.15, -0.1) is 5.10 Å². The van der Waals surface area contributed by atoms with Crippen LogP contribution < -0.4 is 11.5 Å². The van der Waals surface area contributed by atoms with Gasteiger partial charge in [0.25, 0.3) is 0 Å². The summed E-state index contributed by atoms with van der Waals surface area (Å²) in [5.41, 5.74) is 13.8. The molecule has 102 valence electrons. The van der Waals surface area contributed by atoms with E-state index in [1.807, 2.05) is 10.7 Å². The van der Waals surface area contributed by atoms with Crippen LogP contribution in [0.5, 0.6) is 0 Å².